The normalized spacial score (nSPS) is 16.7. The lowest BCUT2D eigenvalue weighted by molar-refractivity contribution is -0.126. The van der Waals surface area contributed by atoms with Gasteiger partial charge in [0, 0.05) is 5.92 Å². The molecule has 124 valence electrons. The first kappa shape index (κ1) is 18.8. The second-order valence-electron chi connectivity index (χ2n) is 5.99. The largest absolute Gasteiger partial charge is 0.491 e. The number of ether oxygens (including phenoxy) is 1. The van der Waals surface area contributed by atoms with Gasteiger partial charge < -0.3 is 15.4 Å². The van der Waals surface area contributed by atoms with Crippen LogP contribution in [0.25, 0.3) is 0 Å². The molecular weight excluding hydrogens is 300 g/mol. The highest BCUT2D eigenvalue weighted by molar-refractivity contribution is 5.85. The number of nitrogens with one attached hydrogen (secondary N) is 2. The van der Waals surface area contributed by atoms with Crippen molar-refractivity contribution in [1.82, 2.24) is 10.6 Å². The molecule has 1 unspecified atom stereocenters. The van der Waals surface area contributed by atoms with Gasteiger partial charge in [0.1, 0.15) is 5.75 Å². The van der Waals surface area contributed by atoms with Gasteiger partial charge in [-0.3, -0.25) is 4.79 Å². The Hall–Kier alpha value is -1.26. The Balaban J connectivity index is 0.00000242. The summed E-state index contributed by atoms with van der Waals surface area (Å²) in [5, 5.41) is 6.40. The van der Waals surface area contributed by atoms with Crippen molar-refractivity contribution >= 4 is 18.3 Å². The summed E-state index contributed by atoms with van der Waals surface area (Å²) in [6.45, 7) is 7.92. The van der Waals surface area contributed by atoms with E-state index in [2.05, 4.69) is 10.6 Å². The standard InChI is InChI=1S/C17H26N2O2.ClH/c1-12(2)21-16-6-4-14(5-7-16)13(3)19-17(20)15-8-10-18-11-9-15;/h4-7,12-13,15,18H,8-11H2,1-3H3,(H,19,20);1H. The zero-order valence-corrected chi connectivity index (χ0v) is 14.4. The first-order valence-corrected chi connectivity index (χ1v) is 7.84. The predicted molar refractivity (Wildman–Crippen MR) is 91.6 cm³/mol. The summed E-state index contributed by atoms with van der Waals surface area (Å²) in [5.74, 6) is 1.19. The summed E-state index contributed by atoms with van der Waals surface area (Å²) >= 11 is 0. The van der Waals surface area contributed by atoms with E-state index in [0.29, 0.717) is 0 Å². The molecular formula is C17H27ClN2O2. The molecule has 1 aliphatic heterocycles. The lowest BCUT2D eigenvalue weighted by Crippen LogP contribution is -2.39. The maximum Gasteiger partial charge on any atom is 0.223 e. The molecule has 1 heterocycles. The number of benzene rings is 1. The van der Waals surface area contributed by atoms with Crippen molar-refractivity contribution in [2.24, 2.45) is 5.92 Å². The second kappa shape index (κ2) is 9.01. The Morgan fingerprint density at radius 1 is 1.18 bits per heavy atom. The Labute approximate surface area is 139 Å². The first-order chi connectivity index (χ1) is 10.1. The molecule has 2 rings (SSSR count). The van der Waals surface area contributed by atoms with Crippen LogP contribution in [0.1, 0.15) is 45.2 Å². The Bertz CT molecular complexity index is 456. The summed E-state index contributed by atoms with van der Waals surface area (Å²) in [4.78, 5) is 12.2. The van der Waals surface area contributed by atoms with Crippen LogP contribution in [0, 0.1) is 5.92 Å². The molecule has 0 saturated carbocycles. The van der Waals surface area contributed by atoms with Gasteiger partial charge in [-0.15, -0.1) is 12.4 Å². The zero-order chi connectivity index (χ0) is 15.2. The molecule has 1 aliphatic rings. The van der Waals surface area contributed by atoms with Gasteiger partial charge in [-0.25, -0.2) is 0 Å². The van der Waals surface area contributed by atoms with Gasteiger partial charge in [-0.2, -0.15) is 0 Å². The quantitative estimate of drug-likeness (QED) is 0.874. The van der Waals surface area contributed by atoms with E-state index in [-0.39, 0.29) is 36.4 Å². The van der Waals surface area contributed by atoms with Crippen LogP contribution >= 0.6 is 12.4 Å². The first-order valence-electron chi connectivity index (χ1n) is 7.84. The highest BCUT2D eigenvalue weighted by Crippen LogP contribution is 2.20. The lowest BCUT2D eigenvalue weighted by atomic mass is 9.96. The highest BCUT2D eigenvalue weighted by Gasteiger charge is 2.22. The van der Waals surface area contributed by atoms with Crippen LogP contribution < -0.4 is 15.4 Å². The van der Waals surface area contributed by atoms with Crippen molar-refractivity contribution in [2.75, 3.05) is 13.1 Å². The van der Waals surface area contributed by atoms with E-state index in [0.717, 1.165) is 37.2 Å². The van der Waals surface area contributed by atoms with Gasteiger partial charge in [0.05, 0.1) is 12.1 Å². The fraction of sp³-hybridized carbons (Fsp3) is 0.588. The van der Waals surface area contributed by atoms with E-state index in [4.69, 9.17) is 4.74 Å². The molecule has 22 heavy (non-hydrogen) atoms. The molecule has 1 amide bonds. The van der Waals surface area contributed by atoms with Crippen LogP contribution in [0.2, 0.25) is 0 Å². The third kappa shape index (κ3) is 5.50. The van der Waals surface area contributed by atoms with Gasteiger partial charge in [0.15, 0.2) is 0 Å². The number of piperidine rings is 1. The summed E-state index contributed by atoms with van der Waals surface area (Å²) in [5.41, 5.74) is 1.10. The molecule has 1 fully saturated rings. The second-order valence-corrected chi connectivity index (χ2v) is 5.99. The average Bonchev–Trinajstić information content (AvgIpc) is 2.48. The van der Waals surface area contributed by atoms with E-state index < -0.39 is 0 Å². The van der Waals surface area contributed by atoms with Crippen molar-refractivity contribution in [1.29, 1.82) is 0 Å². The van der Waals surface area contributed by atoms with Gasteiger partial charge >= 0.3 is 0 Å². The third-order valence-corrected chi connectivity index (χ3v) is 3.82. The Kier molecular flexibility index (Phi) is 7.69. The van der Waals surface area contributed by atoms with Crippen LogP contribution in [0.5, 0.6) is 5.75 Å². The zero-order valence-electron chi connectivity index (χ0n) is 13.6. The fourth-order valence-corrected chi connectivity index (χ4v) is 2.61. The average molecular weight is 327 g/mol. The molecule has 1 aromatic rings. The predicted octanol–water partition coefficient (Wildman–Crippen LogP) is 3.07. The van der Waals surface area contributed by atoms with Crippen molar-refractivity contribution in [2.45, 2.75) is 45.8 Å². The fourth-order valence-electron chi connectivity index (χ4n) is 2.61. The van der Waals surface area contributed by atoms with Crippen LogP contribution in [-0.2, 0) is 4.79 Å². The van der Waals surface area contributed by atoms with Gasteiger partial charge in [0.2, 0.25) is 5.91 Å². The third-order valence-electron chi connectivity index (χ3n) is 3.82. The molecule has 4 nitrogen and oxygen atoms in total. The number of carbonyl (C=O) groups excluding carboxylic acids is 1. The minimum absolute atomic E-state index is 0. The Morgan fingerprint density at radius 2 is 1.77 bits per heavy atom. The number of amides is 1. The smallest absolute Gasteiger partial charge is 0.223 e. The van der Waals surface area contributed by atoms with Gasteiger partial charge in [-0.05, 0) is 64.4 Å². The molecule has 0 bridgehead atoms. The number of rotatable bonds is 5. The molecule has 0 aliphatic carbocycles. The highest BCUT2D eigenvalue weighted by atomic mass is 35.5. The number of hydrogen-bond donors (Lipinski definition) is 2. The van der Waals surface area contributed by atoms with Crippen molar-refractivity contribution in [3.8, 4) is 5.75 Å². The molecule has 0 radical (unpaired) electrons. The van der Waals surface area contributed by atoms with Crippen LogP contribution in [0.3, 0.4) is 0 Å². The molecule has 1 aromatic carbocycles. The summed E-state index contributed by atoms with van der Waals surface area (Å²) in [7, 11) is 0. The van der Waals surface area contributed by atoms with Crippen LogP contribution in [-0.4, -0.2) is 25.1 Å². The summed E-state index contributed by atoms with van der Waals surface area (Å²) < 4.78 is 5.63. The lowest BCUT2D eigenvalue weighted by Gasteiger charge is -2.24. The van der Waals surface area contributed by atoms with Gasteiger partial charge in [0.25, 0.3) is 0 Å². The van der Waals surface area contributed by atoms with Crippen molar-refractivity contribution in [3.63, 3.8) is 0 Å². The molecule has 0 spiro atoms. The molecule has 5 heteroatoms. The number of hydrogen-bond acceptors (Lipinski definition) is 3. The summed E-state index contributed by atoms with van der Waals surface area (Å²) in [6.07, 6.45) is 2.03. The van der Waals surface area contributed by atoms with Crippen molar-refractivity contribution in [3.05, 3.63) is 29.8 Å². The number of carbonyl (C=O) groups is 1. The van der Waals surface area contributed by atoms with Crippen LogP contribution in [0.15, 0.2) is 24.3 Å². The van der Waals surface area contributed by atoms with E-state index in [1.54, 1.807) is 0 Å². The monoisotopic (exact) mass is 326 g/mol. The maximum absolute atomic E-state index is 12.2. The minimum Gasteiger partial charge on any atom is -0.491 e. The van der Waals surface area contributed by atoms with E-state index >= 15 is 0 Å². The van der Waals surface area contributed by atoms with E-state index in [9.17, 15) is 4.79 Å². The Morgan fingerprint density at radius 3 is 2.32 bits per heavy atom. The molecule has 0 aromatic heterocycles. The van der Waals surface area contributed by atoms with Gasteiger partial charge in [-0.1, -0.05) is 12.1 Å². The van der Waals surface area contributed by atoms with Crippen molar-refractivity contribution < 1.29 is 9.53 Å². The maximum atomic E-state index is 12.2. The molecule has 2 N–H and O–H groups in total. The molecule has 1 saturated heterocycles. The van der Waals surface area contributed by atoms with E-state index in [1.165, 1.54) is 0 Å². The SMILES string of the molecule is CC(C)Oc1ccc(C(C)NC(=O)C2CCNCC2)cc1.Cl. The number of halogens is 1. The molecule has 1 atom stereocenters. The summed E-state index contributed by atoms with van der Waals surface area (Å²) in [6, 6.07) is 7.99. The topological polar surface area (TPSA) is 50.4 Å². The van der Waals surface area contributed by atoms with Crippen LogP contribution in [0.4, 0.5) is 0 Å². The minimum atomic E-state index is 0. The van der Waals surface area contributed by atoms with E-state index in [1.807, 2.05) is 45.0 Å².